The molecule has 0 bridgehead atoms. The fourth-order valence-electron chi connectivity index (χ4n) is 2.82. The van der Waals surface area contributed by atoms with Crippen LogP contribution in [0.25, 0.3) is 10.8 Å². The number of carboxylic acids is 1. The maximum absolute atomic E-state index is 12.0. The van der Waals surface area contributed by atoms with E-state index < -0.39 is 5.97 Å². The maximum Gasteiger partial charge on any atom is 0.335 e. The normalized spacial score (nSPS) is 10.5. The van der Waals surface area contributed by atoms with Gasteiger partial charge in [-0.25, -0.2) is 4.79 Å². The highest BCUT2D eigenvalue weighted by Crippen LogP contribution is 2.25. The van der Waals surface area contributed by atoms with Crippen LogP contribution in [0.5, 0.6) is 5.75 Å². The molecule has 26 heavy (non-hydrogen) atoms. The third-order valence-corrected chi connectivity index (χ3v) is 4.13. The van der Waals surface area contributed by atoms with Crippen molar-refractivity contribution in [2.45, 2.75) is 6.92 Å². The first kappa shape index (κ1) is 17.5. The monoisotopic (exact) mass is 349 g/mol. The summed E-state index contributed by atoms with van der Waals surface area (Å²) < 4.78 is 5.90. The second-order valence-electron chi connectivity index (χ2n) is 5.85. The van der Waals surface area contributed by atoms with E-state index in [0.717, 1.165) is 16.5 Å². The van der Waals surface area contributed by atoms with Gasteiger partial charge >= 0.3 is 5.97 Å². The van der Waals surface area contributed by atoms with Crippen molar-refractivity contribution in [2.24, 2.45) is 0 Å². The zero-order valence-corrected chi connectivity index (χ0v) is 14.4. The lowest BCUT2D eigenvalue weighted by atomic mass is 10.1. The molecule has 5 heteroatoms. The predicted octanol–water partition coefficient (Wildman–Crippen LogP) is 3.97. The summed E-state index contributed by atoms with van der Waals surface area (Å²) in [6.45, 7) is 2.17. The summed E-state index contributed by atoms with van der Waals surface area (Å²) >= 11 is 0. The van der Waals surface area contributed by atoms with Gasteiger partial charge in [0.25, 0.3) is 0 Å². The molecule has 0 heterocycles. The SMILES string of the molecule is CC(=O)N(CCOc1cccc2ccccc12)c1ccc(C(=O)O)cc1. The van der Waals surface area contributed by atoms with Crippen LogP contribution in [0.2, 0.25) is 0 Å². The molecular formula is C21H19NO4. The molecule has 1 amide bonds. The number of ether oxygens (including phenoxy) is 1. The molecule has 0 fully saturated rings. The number of anilines is 1. The highest BCUT2D eigenvalue weighted by atomic mass is 16.5. The molecule has 0 aliphatic carbocycles. The van der Waals surface area contributed by atoms with Crippen molar-refractivity contribution < 1.29 is 19.4 Å². The van der Waals surface area contributed by atoms with E-state index in [1.807, 2.05) is 42.5 Å². The Morgan fingerprint density at radius 3 is 2.35 bits per heavy atom. The van der Waals surface area contributed by atoms with Gasteiger partial charge in [-0.05, 0) is 35.7 Å². The van der Waals surface area contributed by atoms with Crippen molar-refractivity contribution in [3.8, 4) is 5.75 Å². The van der Waals surface area contributed by atoms with Crippen molar-refractivity contribution in [1.82, 2.24) is 0 Å². The Morgan fingerprint density at radius 2 is 1.65 bits per heavy atom. The van der Waals surface area contributed by atoms with E-state index in [0.29, 0.717) is 18.8 Å². The van der Waals surface area contributed by atoms with E-state index in [-0.39, 0.29) is 11.5 Å². The molecule has 1 N–H and O–H groups in total. The third kappa shape index (κ3) is 3.83. The van der Waals surface area contributed by atoms with Gasteiger partial charge in [-0.3, -0.25) is 4.79 Å². The zero-order valence-electron chi connectivity index (χ0n) is 14.4. The largest absolute Gasteiger partial charge is 0.491 e. The summed E-state index contributed by atoms with van der Waals surface area (Å²) in [7, 11) is 0. The van der Waals surface area contributed by atoms with Crippen LogP contribution in [0, 0.1) is 0 Å². The summed E-state index contributed by atoms with van der Waals surface area (Å²) in [6.07, 6.45) is 0. The van der Waals surface area contributed by atoms with E-state index in [2.05, 4.69) is 0 Å². The molecule has 0 spiro atoms. The highest BCUT2D eigenvalue weighted by Gasteiger charge is 2.13. The van der Waals surface area contributed by atoms with Gasteiger partial charge in [-0.15, -0.1) is 0 Å². The second-order valence-corrected chi connectivity index (χ2v) is 5.85. The first-order valence-electron chi connectivity index (χ1n) is 8.28. The molecule has 3 aromatic carbocycles. The number of hydrogen-bond acceptors (Lipinski definition) is 3. The van der Waals surface area contributed by atoms with Crippen molar-refractivity contribution >= 4 is 28.3 Å². The minimum Gasteiger partial charge on any atom is -0.491 e. The van der Waals surface area contributed by atoms with Gasteiger partial charge in [0, 0.05) is 18.0 Å². The summed E-state index contributed by atoms with van der Waals surface area (Å²) in [5.74, 6) is -0.354. The fourth-order valence-corrected chi connectivity index (χ4v) is 2.82. The lowest BCUT2D eigenvalue weighted by Crippen LogP contribution is -2.32. The molecule has 3 aromatic rings. The molecule has 3 rings (SSSR count). The smallest absolute Gasteiger partial charge is 0.335 e. The Labute approximate surface area is 151 Å². The molecule has 5 nitrogen and oxygen atoms in total. The average Bonchev–Trinajstić information content (AvgIpc) is 2.65. The van der Waals surface area contributed by atoms with Gasteiger partial charge in [0.15, 0.2) is 0 Å². The minimum absolute atomic E-state index is 0.130. The van der Waals surface area contributed by atoms with Crippen LogP contribution in [0.1, 0.15) is 17.3 Å². The number of amides is 1. The summed E-state index contributed by atoms with van der Waals surface area (Å²) in [5, 5.41) is 11.1. The van der Waals surface area contributed by atoms with Crippen LogP contribution in [-0.2, 0) is 4.79 Å². The second kappa shape index (κ2) is 7.70. The number of fused-ring (bicyclic) bond motifs is 1. The van der Waals surface area contributed by atoms with Gasteiger partial charge in [-0.2, -0.15) is 0 Å². The summed E-state index contributed by atoms with van der Waals surface area (Å²) in [5.41, 5.74) is 0.827. The maximum atomic E-state index is 12.0. The standard InChI is InChI=1S/C21H19NO4/c1-15(23)22(18-11-9-17(10-12-18)21(24)25)13-14-26-20-8-4-6-16-5-2-3-7-19(16)20/h2-12H,13-14H2,1H3,(H,24,25). The van der Waals surface area contributed by atoms with Crippen LogP contribution >= 0.6 is 0 Å². The zero-order chi connectivity index (χ0) is 18.5. The predicted molar refractivity (Wildman–Crippen MR) is 101 cm³/mol. The number of carbonyl (C=O) groups is 2. The number of nitrogens with zero attached hydrogens (tertiary/aromatic N) is 1. The molecular weight excluding hydrogens is 330 g/mol. The van der Waals surface area contributed by atoms with Crippen LogP contribution in [0.15, 0.2) is 66.7 Å². The molecule has 0 unspecified atom stereocenters. The molecule has 0 radical (unpaired) electrons. The van der Waals surface area contributed by atoms with E-state index in [4.69, 9.17) is 9.84 Å². The van der Waals surface area contributed by atoms with E-state index in [9.17, 15) is 9.59 Å². The lowest BCUT2D eigenvalue weighted by molar-refractivity contribution is -0.116. The van der Waals surface area contributed by atoms with Crippen LogP contribution in [-0.4, -0.2) is 30.1 Å². The molecule has 0 aliphatic rings. The van der Waals surface area contributed by atoms with Crippen molar-refractivity contribution in [3.05, 3.63) is 72.3 Å². The highest BCUT2D eigenvalue weighted by molar-refractivity contribution is 5.93. The molecule has 132 valence electrons. The van der Waals surface area contributed by atoms with Gasteiger partial charge < -0.3 is 14.7 Å². The Balaban J connectivity index is 1.71. The minimum atomic E-state index is -0.995. The van der Waals surface area contributed by atoms with Crippen molar-refractivity contribution in [3.63, 3.8) is 0 Å². The fraction of sp³-hybridized carbons (Fsp3) is 0.143. The topological polar surface area (TPSA) is 66.8 Å². The van der Waals surface area contributed by atoms with Gasteiger partial charge in [0.1, 0.15) is 12.4 Å². The quantitative estimate of drug-likeness (QED) is 0.731. The van der Waals surface area contributed by atoms with Crippen LogP contribution < -0.4 is 9.64 Å². The van der Waals surface area contributed by atoms with Crippen molar-refractivity contribution in [1.29, 1.82) is 0 Å². The van der Waals surface area contributed by atoms with E-state index >= 15 is 0 Å². The van der Waals surface area contributed by atoms with Crippen molar-refractivity contribution in [2.75, 3.05) is 18.1 Å². The van der Waals surface area contributed by atoms with Gasteiger partial charge in [0.2, 0.25) is 5.91 Å². The number of rotatable bonds is 6. The number of carboxylic acid groups (broad SMARTS) is 1. The summed E-state index contributed by atoms with van der Waals surface area (Å²) in [4.78, 5) is 24.5. The number of aromatic carboxylic acids is 1. The number of carbonyl (C=O) groups excluding carboxylic acids is 1. The van der Waals surface area contributed by atoms with Gasteiger partial charge in [0.05, 0.1) is 12.1 Å². The Bertz CT molecular complexity index is 929. The number of hydrogen-bond donors (Lipinski definition) is 1. The third-order valence-electron chi connectivity index (χ3n) is 4.13. The number of benzene rings is 3. The summed E-state index contributed by atoms with van der Waals surface area (Å²) in [6, 6.07) is 20.0. The van der Waals surface area contributed by atoms with Crippen LogP contribution in [0.4, 0.5) is 5.69 Å². The molecule has 0 saturated carbocycles. The first-order valence-corrected chi connectivity index (χ1v) is 8.28. The van der Waals surface area contributed by atoms with E-state index in [1.165, 1.54) is 19.1 Å². The first-order chi connectivity index (χ1) is 12.6. The Morgan fingerprint density at radius 1 is 0.962 bits per heavy atom. The molecule has 0 saturated heterocycles. The molecule has 0 aliphatic heterocycles. The molecule has 0 aromatic heterocycles. The lowest BCUT2D eigenvalue weighted by Gasteiger charge is -2.21. The average molecular weight is 349 g/mol. The van der Waals surface area contributed by atoms with Crippen LogP contribution in [0.3, 0.4) is 0 Å². The van der Waals surface area contributed by atoms with Gasteiger partial charge in [-0.1, -0.05) is 36.4 Å². The molecule has 0 atom stereocenters. The van der Waals surface area contributed by atoms with E-state index in [1.54, 1.807) is 17.0 Å². The Hall–Kier alpha value is -3.34. The Kier molecular flexibility index (Phi) is 5.17.